The number of imide groups is 1. The molecule has 2 saturated heterocycles. The van der Waals surface area contributed by atoms with Crippen LogP contribution in [-0.4, -0.2) is 41.0 Å². The maximum Gasteiger partial charge on any atom is 0.324 e. The summed E-state index contributed by atoms with van der Waals surface area (Å²) < 4.78 is 0. The van der Waals surface area contributed by atoms with Crippen LogP contribution in [0.5, 0.6) is 0 Å². The van der Waals surface area contributed by atoms with E-state index < -0.39 is 47.2 Å². The second-order valence-corrected chi connectivity index (χ2v) is 9.45. The molecule has 4 atom stereocenters. The van der Waals surface area contributed by atoms with Gasteiger partial charge in [0.25, 0.3) is 0 Å². The monoisotopic (exact) mass is 478 g/mol. The van der Waals surface area contributed by atoms with E-state index >= 15 is 0 Å². The van der Waals surface area contributed by atoms with E-state index in [4.69, 9.17) is 5.73 Å². The maximum absolute atomic E-state index is 13.9. The summed E-state index contributed by atoms with van der Waals surface area (Å²) in [5, 5.41) is 16.1. The molecule has 4 amide bonds. The number of nitrogens with zero attached hydrogens (tertiary/aromatic N) is 1. The highest BCUT2D eigenvalue weighted by molar-refractivity contribution is 6.24. The lowest BCUT2D eigenvalue weighted by Crippen LogP contribution is -2.56. The topological polar surface area (TPSA) is 142 Å². The lowest BCUT2D eigenvalue weighted by Gasteiger charge is -2.31. The number of carboxylic acid groups (broad SMARTS) is 1. The second-order valence-electron chi connectivity index (χ2n) is 9.45. The zero-order chi connectivity index (χ0) is 25.5. The SMILES string of the molecule is Cc1ccc(C)c(C2NC(CCCNC(N)=O)(C(=O)O)C3C(=O)N(c4ccccc4C)C(=O)C23)c1. The number of nitrogens with two attached hydrogens (primary N) is 1. The number of hydrogen-bond acceptors (Lipinski definition) is 5. The molecule has 2 aliphatic heterocycles. The summed E-state index contributed by atoms with van der Waals surface area (Å²) in [6.45, 7) is 5.80. The molecule has 4 rings (SSSR count). The van der Waals surface area contributed by atoms with Gasteiger partial charge < -0.3 is 16.2 Å². The van der Waals surface area contributed by atoms with Crippen LogP contribution < -0.4 is 21.3 Å². The van der Waals surface area contributed by atoms with Crippen LogP contribution in [0.4, 0.5) is 10.5 Å². The average molecular weight is 479 g/mol. The minimum Gasteiger partial charge on any atom is -0.480 e. The molecule has 0 saturated carbocycles. The summed E-state index contributed by atoms with van der Waals surface area (Å²) in [5.74, 6) is -4.13. The molecular formula is C26H30N4O5. The Labute approximate surface area is 203 Å². The van der Waals surface area contributed by atoms with Crippen molar-refractivity contribution in [2.75, 3.05) is 11.4 Å². The normalized spacial score (nSPS) is 25.6. The predicted octanol–water partition coefficient (Wildman–Crippen LogP) is 2.33. The van der Waals surface area contributed by atoms with E-state index in [-0.39, 0.29) is 19.4 Å². The number of urea groups is 1. The fourth-order valence-corrected chi connectivity index (χ4v) is 5.53. The molecule has 0 aromatic heterocycles. The maximum atomic E-state index is 13.9. The zero-order valence-electron chi connectivity index (χ0n) is 20.0. The van der Waals surface area contributed by atoms with E-state index in [0.29, 0.717) is 5.69 Å². The summed E-state index contributed by atoms with van der Waals surface area (Å²) >= 11 is 0. The van der Waals surface area contributed by atoms with E-state index in [2.05, 4.69) is 10.6 Å². The van der Waals surface area contributed by atoms with Gasteiger partial charge in [0.05, 0.1) is 17.5 Å². The van der Waals surface area contributed by atoms with Crippen LogP contribution in [0.15, 0.2) is 42.5 Å². The molecule has 0 bridgehead atoms. The van der Waals surface area contributed by atoms with E-state index in [9.17, 15) is 24.3 Å². The number of fused-ring (bicyclic) bond motifs is 1. The van der Waals surface area contributed by atoms with Crippen LogP contribution >= 0.6 is 0 Å². The van der Waals surface area contributed by atoms with Gasteiger partial charge in [0.1, 0.15) is 5.54 Å². The molecule has 0 spiro atoms. The van der Waals surface area contributed by atoms with E-state index in [0.717, 1.165) is 27.2 Å². The molecule has 35 heavy (non-hydrogen) atoms. The largest absolute Gasteiger partial charge is 0.480 e. The number of carbonyl (C=O) groups excluding carboxylic acids is 3. The molecule has 5 N–H and O–H groups in total. The van der Waals surface area contributed by atoms with Crippen LogP contribution in [0.1, 0.15) is 41.1 Å². The van der Waals surface area contributed by atoms with Crippen molar-refractivity contribution in [3.05, 3.63) is 64.7 Å². The molecule has 2 fully saturated rings. The highest BCUT2D eigenvalue weighted by Crippen LogP contribution is 2.52. The highest BCUT2D eigenvalue weighted by atomic mass is 16.4. The van der Waals surface area contributed by atoms with Crippen molar-refractivity contribution >= 4 is 29.5 Å². The molecule has 2 aromatic rings. The Hall–Kier alpha value is -3.72. The van der Waals surface area contributed by atoms with Gasteiger partial charge in [-0.25, -0.2) is 9.69 Å². The summed E-state index contributed by atoms with van der Waals surface area (Å²) in [6, 6.07) is 11.5. The molecule has 0 aliphatic carbocycles. The Kier molecular flexibility index (Phi) is 6.38. The van der Waals surface area contributed by atoms with Crippen molar-refractivity contribution in [3.8, 4) is 0 Å². The van der Waals surface area contributed by atoms with Crippen molar-refractivity contribution in [2.45, 2.75) is 45.2 Å². The van der Waals surface area contributed by atoms with Gasteiger partial charge in [-0.3, -0.25) is 19.7 Å². The number of primary amides is 1. The van der Waals surface area contributed by atoms with Crippen LogP contribution in [0.3, 0.4) is 0 Å². The average Bonchev–Trinajstić information content (AvgIpc) is 3.28. The van der Waals surface area contributed by atoms with Gasteiger partial charge in [-0.15, -0.1) is 0 Å². The number of amides is 4. The molecule has 9 heteroatoms. The molecule has 0 radical (unpaired) electrons. The second kappa shape index (κ2) is 9.14. The Balaban J connectivity index is 1.83. The first-order valence-electron chi connectivity index (χ1n) is 11.6. The lowest BCUT2D eigenvalue weighted by atomic mass is 9.76. The van der Waals surface area contributed by atoms with Crippen molar-refractivity contribution in [1.29, 1.82) is 0 Å². The first kappa shape index (κ1) is 24.4. The summed E-state index contributed by atoms with van der Waals surface area (Å²) in [5.41, 5.74) is 7.34. The number of hydrogen-bond donors (Lipinski definition) is 4. The Bertz CT molecular complexity index is 1210. The number of anilines is 1. The predicted molar refractivity (Wildman–Crippen MR) is 130 cm³/mol. The summed E-state index contributed by atoms with van der Waals surface area (Å²) in [6.07, 6.45) is 0.294. The first-order chi connectivity index (χ1) is 16.6. The number of carbonyl (C=O) groups is 4. The number of aliphatic carboxylic acids is 1. The summed E-state index contributed by atoms with van der Waals surface area (Å²) in [4.78, 5) is 52.8. The molecule has 184 valence electrons. The van der Waals surface area contributed by atoms with Gasteiger partial charge in [-0.05, 0) is 56.4 Å². The zero-order valence-corrected chi connectivity index (χ0v) is 20.0. The minimum absolute atomic E-state index is 0.0335. The van der Waals surface area contributed by atoms with Gasteiger partial charge in [0, 0.05) is 12.6 Å². The molecule has 9 nitrogen and oxygen atoms in total. The van der Waals surface area contributed by atoms with Crippen molar-refractivity contribution in [2.24, 2.45) is 17.6 Å². The first-order valence-corrected chi connectivity index (χ1v) is 11.6. The third-order valence-electron chi connectivity index (χ3n) is 7.21. The number of nitrogens with one attached hydrogen (secondary N) is 2. The number of benzene rings is 2. The molecular weight excluding hydrogens is 448 g/mol. The van der Waals surface area contributed by atoms with Crippen LogP contribution in [0, 0.1) is 32.6 Å². The Morgan fingerprint density at radius 2 is 1.80 bits per heavy atom. The molecule has 2 aliphatic rings. The molecule has 4 unspecified atom stereocenters. The van der Waals surface area contributed by atoms with Crippen molar-refractivity contribution < 1.29 is 24.3 Å². The third kappa shape index (κ3) is 4.05. The number of rotatable bonds is 7. The van der Waals surface area contributed by atoms with E-state index in [1.807, 2.05) is 51.1 Å². The van der Waals surface area contributed by atoms with Crippen molar-refractivity contribution in [1.82, 2.24) is 10.6 Å². The Morgan fingerprint density at radius 3 is 2.46 bits per heavy atom. The van der Waals surface area contributed by atoms with Gasteiger partial charge in [-0.2, -0.15) is 0 Å². The number of para-hydroxylation sites is 1. The lowest BCUT2D eigenvalue weighted by molar-refractivity contribution is -0.149. The smallest absolute Gasteiger partial charge is 0.324 e. The van der Waals surface area contributed by atoms with E-state index in [1.54, 1.807) is 12.1 Å². The fraction of sp³-hybridized carbons (Fsp3) is 0.385. The highest BCUT2D eigenvalue weighted by Gasteiger charge is 2.68. The van der Waals surface area contributed by atoms with Gasteiger partial charge in [-0.1, -0.05) is 42.0 Å². The van der Waals surface area contributed by atoms with Gasteiger partial charge in [0.2, 0.25) is 11.8 Å². The third-order valence-corrected chi connectivity index (χ3v) is 7.21. The Morgan fingerprint density at radius 1 is 1.09 bits per heavy atom. The molecule has 2 aromatic carbocycles. The standard InChI is InChI=1S/C26H30N4O5/c1-14-9-10-15(2)17(13-14)21-19-20(26(29-21,24(33)34)11-6-12-28-25(27)35)23(32)30(22(19)31)18-8-5-4-7-16(18)3/h4-5,7-10,13,19-21,29H,6,11-12H2,1-3H3,(H,33,34)(H3,27,28,35). The number of aryl methyl sites for hydroxylation is 3. The fourth-order valence-electron chi connectivity index (χ4n) is 5.53. The molecule has 2 heterocycles. The van der Waals surface area contributed by atoms with Gasteiger partial charge >= 0.3 is 12.0 Å². The minimum atomic E-state index is -1.69. The summed E-state index contributed by atoms with van der Waals surface area (Å²) in [7, 11) is 0. The van der Waals surface area contributed by atoms with Crippen LogP contribution in [0.25, 0.3) is 0 Å². The van der Waals surface area contributed by atoms with Crippen LogP contribution in [0.2, 0.25) is 0 Å². The van der Waals surface area contributed by atoms with Crippen molar-refractivity contribution in [3.63, 3.8) is 0 Å². The quantitative estimate of drug-likeness (QED) is 0.355. The van der Waals surface area contributed by atoms with E-state index in [1.165, 1.54) is 0 Å². The number of carboxylic acids is 1. The van der Waals surface area contributed by atoms with Crippen LogP contribution in [-0.2, 0) is 14.4 Å². The van der Waals surface area contributed by atoms with Gasteiger partial charge in [0.15, 0.2) is 0 Å².